The van der Waals surface area contributed by atoms with Crippen LogP contribution in [0.3, 0.4) is 0 Å². The summed E-state index contributed by atoms with van der Waals surface area (Å²) in [6.45, 7) is 4.65. The van der Waals surface area contributed by atoms with Crippen molar-refractivity contribution in [3.05, 3.63) is 77.5 Å². The number of nitrogens with zero attached hydrogens (tertiary/aromatic N) is 3. The van der Waals surface area contributed by atoms with Crippen LogP contribution < -0.4 is 11.1 Å². The van der Waals surface area contributed by atoms with Gasteiger partial charge in [0.2, 0.25) is 0 Å². The predicted molar refractivity (Wildman–Crippen MR) is 120 cm³/mol. The first-order valence-electron chi connectivity index (χ1n) is 10.6. The summed E-state index contributed by atoms with van der Waals surface area (Å²) in [6.07, 6.45) is 3.72. The number of nitrogens with two attached hydrogens (primary N) is 1. The molecule has 1 aliphatic rings. The molecule has 1 amide bonds. The van der Waals surface area contributed by atoms with Crippen molar-refractivity contribution in [3.8, 4) is 5.69 Å². The van der Waals surface area contributed by atoms with E-state index in [0.29, 0.717) is 17.9 Å². The Morgan fingerprint density at radius 1 is 1.07 bits per heavy atom. The minimum atomic E-state index is -0.0656. The second-order valence-electron chi connectivity index (χ2n) is 7.90. The van der Waals surface area contributed by atoms with Crippen molar-refractivity contribution in [2.45, 2.75) is 32.2 Å². The summed E-state index contributed by atoms with van der Waals surface area (Å²) in [5.74, 6) is 0.515. The Morgan fingerprint density at radius 2 is 1.77 bits per heavy atom. The van der Waals surface area contributed by atoms with Gasteiger partial charge in [-0.1, -0.05) is 36.8 Å². The Balaban J connectivity index is 1.44. The molecule has 3 N–H and O–H groups in total. The molecular weight excluding hydrogens is 374 g/mol. The van der Waals surface area contributed by atoms with E-state index in [1.807, 2.05) is 43.3 Å². The first kappa shape index (κ1) is 20.2. The third-order valence-electron chi connectivity index (χ3n) is 5.70. The van der Waals surface area contributed by atoms with Gasteiger partial charge < -0.3 is 11.1 Å². The second kappa shape index (κ2) is 9.13. The van der Waals surface area contributed by atoms with Gasteiger partial charge in [-0.25, -0.2) is 4.68 Å². The van der Waals surface area contributed by atoms with Crippen LogP contribution in [0.1, 0.15) is 46.9 Å². The summed E-state index contributed by atoms with van der Waals surface area (Å²) in [4.78, 5) is 15.3. The smallest absolute Gasteiger partial charge is 0.251 e. The summed E-state index contributed by atoms with van der Waals surface area (Å²) in [6, 6.07) is 19.9. The van der Waals surface area contributed by atoms with Gasteiger partial charge in [-0.3, -0.25) is 9.69 Å². The molecule has 0 spiro atoms. The van der Waals surface area contributed by atoms with Crippen LogP contribution in [0.5, 0.6) is 0 Å². The third-order valence-corrected chi connectivity index (χ3v) is 5.70. The molecule has 1 aliphatic heterocycles. The van der Waals surface area contributed by atoms with E-state index < -0.39 is 0 Å². The van der Waals surface area contributed by atoms with Crippen molar-refractivity contribution in [2.75, 3.05) is 25.4 Å². The minimum absolute atomic E-state index is 0.0656. The molecule has 2 heterocycles. The highest BCUT2D eigenvalue weighted by molar-refractivity contribution is 5.94. The SMILES string of the molecule is Cc1cc(N)n(-c2ccc(C(=O)NC[C@@H](c3ccccc3)N3CCCCC3)cc2)n1. The lowest BCUT2D eigenvalue weighted by molar-refractivity contribution is 0.0924. The van der Waals surface area contributed by atoms with E-state index >= 15 is 0 Å². The summed E-state index contributed by atoms with van der Waals surface area (Å²) in [5.41, 5.74) is 9.58. The number of aryl methyl sites for hydroxylation is 1. The van der Waals surface area contributed by atoms with Gasteiger partial charge >= 0.3 is 0 Å². The highest BCUT2D eigenvalue weighted by Crippen LogP contribution is 2.24. The Hall–Kier alpha value is -3.12. The number of aromatic nitrogens is 2. The molecule has 2 aromatic carbocycles. The van der Waals surface area contributed by atoms with Crippen molar-refractivity contribution in [1.29, 1.82) is 0 Å². The van der Waals surface area contributed by atoms with E-state index in [2.05, 4.69) is 39.6 Å². The van der Waals surface area contributed by atoms with Crippen molar-refractivity contribution in [2.24, 2.45) is 0 Å². The number of hydrogen-bond acceptors (Lipinski definition) is 4. The Kier molecular flexibility index (Phi) is 6.14. The Labute approximate surface area is 177 Å². The van der Waals surface area contributed by atoms with E-state index in [1.165, 1.54) is 24.8 Å². The van der Waals surface area contributed by atoms with E-state index in [9.17, 15) is 4.79 Å². The van der Waals surface area contributed by atoms with Crippen molar-refractivity contribution in [3.63, 3.8) is 0 Å². The third kappa shape index (κ3) is 4.54. The fourth-order valence-corrected chi connectivity index (χ4v) is 4.13. The molecule has 4 rings (SSSR count). The van der Waals surface area contributed by atoms with Gasteiger partial charge in [0.1, 0.15) is 5.82 Å². The average molecular weight is 404 g/mol. The van der Waals surface area contributed by atoms with Crippen molar-refractivity contribution in [1.82, 2.24) is 20.0 Å². The van der Waals surface area contributed by atoms with Crippen LogP contribution >= 0.6 is 0 Å². The summed E-state index contributed by atoms with van der Waals surface area (Å²) < 4.78 is 1.68. The molecular formula is C24H29N5O. The van der Waals surface area contributed by atoms with Gasteiger partial charge in [0, 0.05) is 18.2 Å². The zero-order valence-corrected chi connectivity index (χ0v) is 17.4. The molecule has 1 fully saturated rings. The second-order valence-corrected chi connectivity index (χ2v) is 7.90. The molecule has 0 radical (unpaired) electrons. The van der Waals surface area contributed by atoms with Gasteiger partial charge in [-0.2, -0.15) is 5.10 Å². The maximum atomic E-state index is 12.8. The molecule has 156 valence electrons. The number of nitrogen functional groups attached to an aromatic ring is 1. The number of anilines is 1. The lowest BCUT2D eigenvalue weighted by Gasteiger charge is -2.35. The van der Waals surface area contributed by atoms with Gasteiger partial charge in [-0.15, -0.1) is 0 Å². The topological polar surface area (TPSA) is 76.2 Å². The highest BCUT2D eigenvalue weighted by Gasteiger charge is 2.23. The molecule has 1 saturated heterocycles. The number of piperidine rings is 1. The number of nitrogens with one attached hydrogen (secondary N) is 1. The van der Waals surface area contributed by atoms with Crippen LogP contribution in [0.15, 0.2) is 60.7 Å². The zero-order chi connectivity index (χ0) is 20.9. The van der Waals surface area contributed by atoms with E-state index in [1.54, 1.807) is 4.68 Å². The van der Waals surface area contributed by atoms with E-state index in [4.69, 9.17) is 5.73 Å². The molecule has 0 aliphatic carbocycles. The summed E-state index contributed by atoms with van der Waals surface area (Å²) >= 11 is 0. The number of hydrogen-bond donors (Lipinski definition) is 2. The highest BCUT2D eigenvalue weighted by atomic mass is 16.1. The van der Waals surface area contributed by atoms with Gasteiger partial charge in [0.25, 0.3) is 5.91 Å². The van der Waals surface area contributed by atoms with Gasteiger partial charge in [0.15, 0.2) is 0 Å². The maximum absolute atomic E-state index is 12.8. The Morgan fingerprint density at radius 3 is 2.40 bits per heavy atom. The first-order chi connectivity index (χ1) is 14.6. The summed E-state index contributed by atoms with van der Waals surface area (Å²) in [7, 11) is 0. The van der Waals surface area contributed by atoms with Gasteiger partial charge in [0.05, 0.1) is 17.4 Å². The van der Waals surface area contributed by atoms with E-state index in [0.717, 1.165) is 24.5 Å². The summed E-state index contributed by atoms with van der Waals surface area (Å²) in [5, 5.41) is 7.53. The molecule has 0 bridgehead atoms. The number of rotatable bonds is 6. The maximum Gasteiger partial charge on any atom is 0.251 e. The molecule has 3 aromatic rings. The van der Waals surface area contributed by atoms with Crippen LogP contribution in [0.25, 0.3) is 5.69 Å². The van der Waals surface area contributed by atoms with Crippen LogP contribution in [0.2, 0.25) is 0 Å². The number of amides is 1. The largest absolute Gasteiger partial charge is 0.384 e. The van der Waals surface area contributed by atoms with Crippen LogP contribution in [-0.2, 0) is 0 Å². The molecule has 6 nitrogen and oxygen atoms in total. The lowest BCUT2D eigenvalue weighted by Crippen LogP contribution is -2.40. The van der Waals surface area contributed by atoms with Crippen molar-refractivity contribution < 1.29 is 4.79 Å². The molecule has 6 heteroatoms. The number of carbonyl (C=O) groups is 1. The van der Waals surface area contributed by atoms with Crippen molar-refractivity contribution >= 4 is 11.7 Å². The molecule has 1 atom stereocenters. The quantitative estimate of drug-likeness (QED) is 0.658. The van der Waals surface area contributed by atoms with Gasteiger partial charge in [-0.05, 0) is 62.7 Å². The lowest BCUT2D eigenvalue weighted by atomic mass is 10.0. The number of benzene rings is 2. The van der Waals surface area contributed by atoms with Crippen LogP contribution in [-0.4, -0.2) is 40.2 Å². The molecule has 1 aromatic heterocycles. The predicted octanol–water partition coefficient (Wildman–Crippen LogP) is 3.72. The fourth-order valence-electron chi connectivity index (χ4n) is 4.13. The number of likely N-dealkylation sites (tertiary alicyclic amines) is 1. The van der Waals surface area contributed by atoms with Crippen LogP contribution in [0, 0.1) is 6.92 Å². The molecule has 0 unspecified atom stereocenters. The Bertz CT molecular complexity index is 975. The number of carbonyl (C=O) groups excluding carboxylic acids is 1. The molecule has 0 saturated carbocycles. The normalized spacial score (nSPS) is 15.6. The average Bonchev–Trinajstić information content (AvgIpc) is 3.13. The van der Waals surface area contributed by atoms with Crippen LogP contribution in [0.4, 0.5) is 5.82 Å². The monoisotopic (exact) mass is 403 g/mol. The molecule has 30 heavy (non-hydrogen) atoms. The minimum Gasteiger partial charge on any atom is -0.384 e. The fraction of sp³-hybridized carbons (Fsp3) is 0.333. The van der Waals surface area contributed by atoms with E-state index in [-0.39, 0.29) is 11.9 Å². The first-order valence-corrected chi connectivity index (χ1v) is 10.6. The zero-order valence-electron chi connectivity index (χ0n) is 17.4. The standard InChI is InChI=1S/C24H29N5O/c1-18-16-23(25)29(27-18)21-12-10-20(11-13-21)24(30)26-17-22(19-8-4-2-5-9-19)28-14-6-3-7-15-28/h2,4-5,8-13,16,22H,3,6-7,14-15,17,25H2,1H3,(H,26,30)/t22-/m0/s1.